The Kier molecular flexibility index (Phi) is 4.58. The van der Waals surface area contributed by atoms with Gasteiger partial charge in [-0.2, -0.15) is 0 Å². The molecule has 0 atom stereocenters. The highest BCUT2D eigenvalue weighted by Gasteiger charge is 2.13. The summed E-state index contributed by atoms with van der Waals surface area (Å²) in [5.74, 6) is 0.850. The lowest BCUT2D eigenvalue weighted by atomic mass is 10.1. The monoisotopic (exact) mass is 358 g/mol. The number of benzene rings is 3. The molecule has 0 aliphatic rings. The van der Waals surface area contributed by atoms with Crippen LogP contribution in [-0.4, -0.2) is 17.5 Å². The normalized spacial score (nSPS) is 10.7. The zero-order valence-electron chi connectivity index (χ0n) is 14.8. The molecular formula is C22H18N2O3. The largest absolute Gasteiger partial charge is 0.493 e. The van der Waals surface area contributed by atoms with E-state index in [0.29, 0.717) is 29.5 Å². The van der Waals surface area contributed by atoms with E-state index in [1.54, 1.807) is 12.1 Å². The number of nitrogens with one attached hydrogen (secondary N) is 1. The molecule has 1 heterocycles. The van der Waals surface area contributed by atoms with Gasteiger partial charge in [0, 0.05) is 11.3 Å². The van der Waals surface area contributed by atoms with Crippen molar-refractivity contribution in [3.63, 3.8) is 0 Å². The molecule has 0 unspecified atom stereocenters. The van der Waals surface area contributed by atoms with Crippen LogP contribution in [0.25, 0.3) is 22.6 Å². The molecule has 0 bridgehead atoms. The van der Waals surface area contributed by atoms with E-state index in [2.05, 4.69) is 10.3 Å². The summed E-state index contributed by atoms with van der Waals surface area (Å²) >= 11 is 0. The lowest BCUT2D eigenvalue weighted by Crippen LogP contribution is -2.13. The van der Waals surface area contributed by atoms with E-state index >= 15 is 0 Å². The fourth-order valence-electron chi connectivity index (χ4n) is 2.86. The molecule has 0 saturated carbocycles. The summed E-state index contributed by atoms with van der Waals surface area (Å²) in [5, 5.41) is 2.91. The van der Waals surface area contributed by atoms with Gasteiger partial charge in [-0.3, -0.25) is 4.79 Å². The van der Waals surface area contributed by atoms with Gasteiger partial charge in [-0.05, 0) is 49.4 Å². The van der Waals surface area contributed by atoms with E-state index in [1.807, 2.05) is 67.6 Å². The second kappa shape index (κ2) is 7.33. The highest BCUT2D eigenvalue weighted by molar-refractivity contribution is 6.06. The summed E-state index contributed by atoms with van der Waals surface area (Å²) in [6.07, 6.45) is 0. The number of rotatable bonds is 5. The average molecular weight is 358 g/mol. The van der Waals surface area contributed by atoms with Crippen molar-refractivity contribution in [2.24, 2.45) is 0 Å². The Hall–Kier alpha value is -3.60. The number of ether oxygens (including phenoxy) is 1. The fourth-order valence-corrected chi connectivity index (χ4v) is 2.86. The van der Waals surface area contributed by atoms with E-state index in [-0.39, 0.29) is 5.91 Å². The van der Waals surface area contributed by atoms with Crippen LogP contribution in [0.1, 0.15) is 17.3 Å². The maximum absolute atomic E-state index is 12.7. The number of hydrogen-bond acceptors (Lipinski definition) is 4. The molecule has 1 amide bonds. The first kappa shape index (κ1) is 16.8. The number of hydrogen-bond donors (Lipinski definition) is 1. The Bertz CT molecular complexity index is 1070. The van der Waals surface area contributed by atoms with E-state index < -0.39 is 0 Å². The smallest absolute Gasteiger partial charge is 0.259 e. The number of nitrogens with zero attached hydrogens (tertiary/aromatic N) is 1. The van der Waals surface area contributed by atoms with Gasteiger partial charge in [-0.15, -0.1) is 0 Å². The molecule has 0 spiro atoms. The van der Waals surface area contributed by atoms with Crippen molar-refractivity contribution in [2.45, 2.75) is 6.92 Å². The second-order valence-corrected chi connectivity index (χ2v) is 5.95. The number of carbonyl (C=O) groups is 1. The predicted molar refractivity (Wildman–Crippen MR) is 105 cm³/mol. The van der Waals surface area contributed by atoms with Crippen LogP contribution in [0.4, 0.5) is 5.69 Å². The van der Waals surface area contributed by atoms with Crippen molar-refractivity contribution >= 4 is 22.7 Å². The number of aromatic nitrogens is 1. The minimum Gasteiger partial charge on any atom is -0.493 e. The number of para-hydroxylation sites is 3. The van der Waals surface area contributed by atoms with Gasteiger partial charge in [0.05, 0.1) is 12.2 Å². The first-order valence-electron chi connectivity index (χ1n) is 8.74. The maximum Gasteiger partial charge on any atom is 0.259 e. The van der Waals surface area contributed by atoms with Gasteiger partial charge in [0.25, 0.3) is 5.91 Å². The van der Waals surface area contributed by atoms with Crippen molar-refractivity contribution in [3.05, 3.63) is 78.4 Å². The van der Waals surface area contributed by atoms with Crippen LogP contribution in [0.5, 0.6) is 5.75 Å². The third-order valence-corrected chi connectivity index (χ3v) is 4.09. The van der Waals surface area contributed by atoms with Gasteiger partial charge in [0.1, 0.15) is 11.3 Å². The van der Waals surface area contributed by atoms with Crippen LogP contribution in [0.15, 0.2) is 77.2 Å². The molecular weight excluding hydrogens is 340 g/mol. The number of amides is 1. The molecule has 5 nitrogen and oxygen atoms in total. The Morgan fingerprint density at radius 3 is 2.70 bits per heavy atom. The molecule has 0 aliphatic carbocycles. The van der Waals surface area contributed by atoms with Crippen LogP contribution in [0.3, 0.4) is 0 Å². The third kappa shape index (κ3) is 3.53. The summed E-state index contributed by atoms with van der Waals surface area (Å²) < 4.78 is 11.3. The van der Waals surface area contributed by atoms with Crippen LogP contribution < -0.4 is 10.1 Å². The minimum absolute atomic E-state index is 0.228. The van der Waals surface area contributed by atoms with E-state index in [9.17, 15) is 4.79 Å². The summed E-state index contributed by atoms with van der Waals surface area (Å²) in [6.45, 7) is 2.38. The zero-order chi connectivity index (χ0) is 18.6. The minimum atomic E-state index is -0.228. The topological polar surface area (TPSA) is 64.4 Å². The number of anilines is 1. The molecule has 1 aromatic heterocycles. The van der Waals surface area contributed by atoms with Gasteiger partial charge in [-0.1, -0.05) is 30.3 Å². The van der Waals surface area contributed by atoms with E-state index in [4.69, 9.17) is 9.15 Å². The van der Waals surface area contributed by atoms with Crippen LogP contribution in [0.2, 0.25) is 0 Å². The van der Waals surface area contributed by atoms with Crippen LogP contribution in [0, 0.1) is 0 Å². The predicted octanol–water partition coefficient (Wildman–Crippen LogP) is 5.15. The summed E-state index contributed by atoms with van der Waals surface area (Å²) in [4.78, 5) is 17.2. The van der Waals surface area contributed by atoms with Crippen molar-refractivity contribution in [2.75, 3.05) is 11.9 Å². The van der Waals surface area contributed by atoms with E-state index in [1.165, 1.54) is 0 Å². The molecule has 1 N–H and O–H groups in total. The zero-order valence-corrected chi connectivity index (χ0v) is 14.8. The van der Waals surface area contributed by atoms with Gasteiger partial charge in [0.2, 0.25) is 5.89 Å². The van der Waals surface area contributed by atoms with Gasteiger partial charge in [-0.25, -0.2) is 4.98 Å². The van der Waals surface area contributed by atoms with Crippen molar-refractivity contribution in [1.82, 2.24) is 4.98 Å². The lowest BCUT2D eigenvalue weighted by molar-refractivity contribution is 0.102. The van der Waals surface area contributed by atoms with Gasteiger partial charge >= 0.3 is 0 Å². The molecule has 0 radical (unpaired) electrons. The summed E-state index contributed by atoms with van der Waals surface area (Å²) in [6, 6.07) is 22.2. The quantitative estimate of drug-likeness (QED) is 0.536. The van der Waals surface area contributed by atoms with Crippen molar-refractivity contribution in [1.29, 1.82) is 0 Å². The molecule has 27 heavy (non-hydrogen) atoms. The first-order chi connectivity index (χ1) is 13.2. The van der Waals surface area contributed by atoms with Crippen LogP contribution >= 0.6 is 0 Å². The molecule has 0 saturated heterocycles. The molecule has 134 valence electrons. The molecule has 5 heteroatoms. The molecule has 0 fully saturated rings. The summed E-state index contributed by atoms with van der Waals surface area (Å²) in [7, 11) is 0. The summed E-state index contributed by atoms with van der Waals surface area (Å²) in [5.41, 5.74) is 3.47. The first-order valence-corrected chi connectivity index (χ1v) is 8.74. The lowest BCUT2D eigenvalue weighted by Gasteiger charge is -2.10. The SMILES string of the molecule is CCOc1ccccc1C(=O)Nc1cccc(-c2nc3ccccc3o2)c1. The molecule has 3 aromatic carbocycles. The maximum atomic E-state index is 12.7. The van der Waals surface area contributed by atoms with Crippen molar-refractivity contribution < 1.29 is 13.9 Å². The Morgan fingerprint density at radius 2 is 1.85 bits per heavy atom. The molecule has 4 rings (SSSR count). The van der Waals surface area contributed by atoms with E-state index in [0.717, 1.165) is 16.7 Å². The molecule has 4 aromatic rings. The van der Waals surface area contributed by atoms with Gasteiger partial charge in [0.15, 0.2) is 5.58 Å². The van der Waals surface area contributed by atoms with Gasteiger partial charge < -0.3 is 14.5 Å². The molecule has 0 aliphatic heterocycles. The number of fused-ring (bicyclic) bond motifs is 1. The Morgan fingerprint density at radius 1 is 1.04 bits per heavy atom. The van der Waals surface area contributed by atoms with Crippen molar-refractivity contribution in [3.8, 4) is 17.2 Å². The second-order valence-electron chi connectivity index (χ2n) is 5.95. The highest BCUT2D eigenvalue weighted by atomic mass is 16.5. The number of oxazole rings is 1. The highest BCUT2D eigenvalue weighted by Crippen LogP contribution is 2.27. The van der Waals surface area contributed by atoms with Crippen LogP contribution in [-0.2, 0) is 0 Å². The fraction of sp³-hybridized carbons (Fsp3) is 0.0909. The Balaban J connectivity index is 1.60. The standard InChI is InChI=1S/C22H18N2O3/c1-2-26-19-12-5-3-10-17(19)21(25)23-16-9-7-8-15(14-16)22-24-18-11-4-6-13-20(18)27-22/h3-14H,2H2,1H3,(H,23,25). The Labute approximate surface area is 156 Å². The average Bonchev–Trinajstić information content (AvgIpc) is 3.13. The third-order valence-electron chi connectivity index (χ3n) is 4.09. The number of carbonyl (C=O) groups excluding carboxylic acids is 1.